The summed E-state index contributed by atoms with van der Waals surface area (Å²) in [5.41, 5.74) is 3.11. The van der Waals surface area contributed by atoms with E-state index in [1.54, 1.807) is 13.3 Å². The van der Waals surface area contributed by atoms with E-state index in [9.17, 15) is 4.79 Å². The summed E-state index contributed by atoms with van der Waals surface area (Å²) in [5, 5.41) is 3.20. The smallest absolute Gasteiger partial charge is 0.222 e. The zero-order valence-corrected chi connectivity index (χ0v) is 16.8. The molecule has 1 N–H and O–H groups in total. The molecule has 0 aromatic carbocycles. The predicted molar refractivity (Wildman–Crippen MR) is 109 cm³/mol. The summed E-state index contributed by atoms with van der Waals surface area (Å²) in [6.45, 7) is 5.33. The Morgan fingerprint density at radius 1 is 1.25 bits per heavy atom. The van der Waals surface area contributed by atoms with Crippen molar-refractivity contribution in [2.45, 2.75) is 38.8 Å². The van der Waals surface area contributed by atoms with Crippen molar-refractivity contribution in [3.8, 4) is 0 Å². The SMILES string of the molecule is COCCC(=O)N[C@@H](c1ccccn1)C1CCN(Cc2cccc(C)n2)CC1. The molecule has 2 aromatic rings. The molecule has 0 saturated carbocycles. The molecule has 3 rings (SSSR count). The molecule has 0 unspecified atom stereocenters. The van der Waals surface area contributed by atoms with Crippen molar-refractivity contribution in [3.63, 3.8) is 0 Å². The summed E-state index contributed by atoms with van der Waals surface area (Å²) >= 11 is 0. The molecule has 150 valence electrons. The standard InChI is InChI=1S/C22H30N4O2/c1-17-6-5-7-19(24-17)16-26-13-9-18(10-14-26)22(20-8-3-4-12-23-20)25-21(27)11-15-28-2/h3-8,12,18,22H,9-11,13-16H2,1-2H3,(H,25,27)/t22-/m1/s1. The Morgan fingerprint density at radius 3 is 2.75 bits per heavy atom. The molecule has 6 heteroatoms. The number of nitrogens with zero attached hydrogens (tertiary/aromatic N) is 3. The Hall–Kier alpha value is -2.31. The van der Waals surface area contributed by atoms with Crippen LogP contribution in [0.25, 0.3) is 0 Å². The lowest BCUT2D eigenvalue weighted by atomic mass is 9.87. The van der Waals surface area contributed by atoms with E-state index in [1.165, 1.54) is 0 Å². The number of aryl methyl sites for hydroxylation is 1. The van der Waals surface area contributed by atoms with Gasteiger partial charge in [0.15, 0.2) is 0 Å². The number of nitrogens with one attached hydrogen (secondary N) is 1. The van der Waals surface area contributed by atoms with Crippen LogP contribution in [0.15, 0.2) is 42.6 Å². The highest BCUT2D eigenvalue weighted by atomic mass is 16.5. The number of rotatable bonds is 8. The van der Waals surface area contributed by atoms with Crippen LogP contribution in [0.2, 0.25) is 0 Å². The number of ether oxygens (including phenoxy) is 1. The monoisotopic (exact) mass is 382 g/mol. The summed E-state index contributed by atoms with van der Waals surface area (Å²) in [6.07, 6.45) is 4.22. The van der Waals surface area contributed by atoms with Crippen LogP contribution in [0.5, 0.6) is 0 Å². The fraction of sp³-hybridized carbons (Fsp3) is 0.500. The van der Waals surface area contributed by atoms with Gasteiger partial charge >= 0.3 is 0 Å². The lowest BCUT2D eigenvalue weighted by Gasteiger charge is -2.36. The van der Waals surface area contributed by atoms with E-state index in [-0.39, 0.29) is 11.9 Å². The van der Waals surface area contributed by atoms with Gasteiger partial charge in [0.2, 0.25) is 5.91 Å². The first-order valence-corrected chi connectivity index (χ1v) is 10.00. The number of hydrogen-bond acceptors (Lipinski definition) is 5. The number of hydrogen-bond donors (Lipinski definition) is 1. The van der Waals surface area contributed by atoms with E-state index in [4.69, 9.17) is 4.74 Å². The number of piperidine rings is 1. The van der Waals surface area contributed by atoms with Gasteiger partial charge in [-0.25, -0.2) is 0 Å². The number of aromatic nitrogens is 2. The molecular formula is C22H30N4O2. The van der Waals surface area contributed by atoms with Gasteiger partial charge in [-0.15, -0.1) is 0 Å². The summed E-state index contributed by atoms with van der Waals surface area (Å²) in [6, 6.07) is 12.0. The number of amides is 1. The molecule has 0 aliphatic carbocycles. The molecule has 2 aromatic heterocycles. The van der Waals surface area contributed by atoms with Gasteiger partial charge in [0, 0.05) is 32.0 Å². The minimum absolute atomic E-state index is 0.0175. The Bertz CT molecular complexity index is 745. The van der Waals surface area contributed by atoms with Crippen LogP contribution in [0.3, 0.4) is 0 Å². The van der Waals surface area contributed by atoms with Gasteiger partial charge in [-0.3, -0.25) is 19.7 Å². The summed E-state index contributed by atoms with van der Waals surface area (Å²) in [5.74, 6) is 0.395. The van der Waals surface area contributed by atoms with Crippen LogP contribution in [0.1, 0.15) is 42.4 Å². The van der Waals surface area contributed by atoms with E-state index in [2.05, 4.69) is 32.3 Å². The third kappa shape index (κ3) is 5.84. The van der Waals surface area contributed by atoms with E-state index in [0.717, 1.165) is 49.6 Å². The van der Waals surface area contributed by atoms with Crippen molar-refractivity contribution in [2.75, 3.05) is 26.8 Å². The minimum Gasteiger partial charge on any atom is -0.384 e. The normalized spacial score (nSPS) is 16.6. The maximum Gasteiger partial charge on any atom is 0.222 e. The quantitative estimate of drug-likeness (QED) is 0.760. The topological polar surface area (TPSA) is 67.3 Å². The highest BCUT2D eigenvalue weighted by molar-refractivity contribution is 5.76. The Kier molecular flexibility index (Phi) is 7.51. The number of carbonyl (C=O) groups excluding carboxylic acids is 1. The molecule has 0 radical (unpaired) electrons. The van der Waals surface area contributed by atoms with Crippen molar-refractivity contribution in [1.29, 1.82) is 0 Å². The summed E-state index contributed by atoms with van der Waals surface area (Å²) in [4.78, 5) is 23.9. The second-order valence-electron chi connectivity index (χ2n) is 7.43. The van der Waals surface area contributed by atoms with Gasteiger partial charge in [-0.1, -0.05) is 12.1 Å². The van der Waals surface area contributed by atoms with E-state index < -0.39 is 0 Å². The molecule has 1 fully saturated rings. The molecule has 0 spiro atoms. The van der Waals surface area contributed by atoms with Gasteiger partial charge in [-0.05, 0) is 63.0 Å². The third-order valence-corrected chi connectivity index (χ3v) is 5.29. The molecule has 1 aliphatic heterocycles. The number of carbonyl (C=O) groups is 1. The van der Waals surface area contributed by atoms with Crippen LogP contribution in [0.4, 0.5) is 0 Å². The number of methoxy groups -OCH3 is 1. The molecule has 6 nitrogen and oxygen atoms in total. The average Bonchev–Trinajstić information content (AvgIpc) is 2.72. The van der Waals surface area contributed by atoms with Crippen molar-refractivity contribution in [2.24, 2.45) is 5.92 Å². The van der Waals surface area contributed by atoms with Gasteiger partial charge < -0.3 is 10.1 Å². The lowest BCUT2D eigenvalue weighted by Crippen LogP contribution is -2.41. The lowest BCUT2D eigenvalue weighted by molar-refractivity contribution is -0.123. The van der Waals surface area contributed by atoms with Gasteiger partial charge in [0.05, 0.1) is 24.0 Å². The summed E-state index contributed by atoms with van der Waals surface area (Å²) < 4.78 is 5.04. The maximum absolute atomic E-state index is 12.3. The van der Waals surface area contributed by atoms with E-state index >= 15 is 0 Å². The fourth-order valence-corrected chi connectivity index (χ4v) is 3.79. The van der Waals surface area contributed by atoms with Gasteiger partial charge in [-0.2, -0.15) is 0 Å². The van der Waals surface area contributed by atoms with E-state index in [0.29, 0.717) is 18.9 Å². The number of likely N-dealkylation sites (tertiary alicyclic amines) is 1. The Morgan fingerprint density at radius 2 is 2.07 bits per heavy atom. The zero-order chi connectivity index (χ0) is 19.8. The molecule has 1 saturated heterocycles. The average molecular weight is 383 g/mol. The van der Waals surface area contributed by atoms with Gasteiger partial charge in [0.1, 0.15) is 0 Å². The molecule has 0 bridgehead atoms. The van der Waals surface area contributed by atoms with Crippen molar-refractivity contribution in [3.05, 3.63) is 59.7 Å². The first kappa shape index (κ1) is 20.4. The van der Waals surface area contributed by atoms with Crippen LogP contribution in [-0.4, -0.2) is 47.6 Å². The second-order valence-corrected chi connectivity index (χ2v) is 7.43. The zero-order valence-electron chi connectivity index (χ0n) is 16.8. The van der Waals surface area contributed by atoms with Crippen molar-refractivity contribution < 1.29 is 9.53 Å². The van der Waals surface area contributed by atoms with Crippen LogP contribution in [0, 0.1) is 12.8 Å². The van der Waals surface area contributed by atoms with Gasteiger partial charge in [0.25, 0.3) is 0 Å². The van der Waals surface area contributed by atoms with E-state index in [1.807, 2.05) is 31.2 Å². The van der Waals surface area contributed by atoms with Crippen LogP contribution in [-0.2, 0) is 16.1 Å². The highest BCUT2D eigenvalue weighted by Gasteiger charge is 2.29. The minimum atomic E-state index is -0.0511. The Labute approximate surface area is 167 Å². The fourth-order valence-electron chi connectivity index (χ4n) is 3.79. The second kappa shape index (κ2) is 10.3. The highest BCUT2D eigenvalue weighted by Crippen LogP contribution is 2.30. The third-order valence-electron chi connectivity index (χ3n) is 5.29. The van der Waals surface area contributed by atoms with Crippen molar-refractivity contribution >= 4 is 5.91 Å². The number of pyridine rings is 2. The summed E-state index contributed by atoms with van der Waals surface area (Å²) in [7, 11) is 1.61. The molecular weight excluding hydrogens is 352 g/mol. The molecule has 3 heterocycles. The van der Waals surface area contributed by atoms with Crippen molar-refractivity contribution in [1.82, 2.24) is 20.2 Å². The molecule has 28 heavy (non-hydrogen) atoms. The first-order valence-electron chi connectivity index (χ1n) is 10.00. The molecule has 1 atom stereocenters. The predicted octanol–water partition coefficient (Wildman–Crippen LogP) is 2.89. The van der Waals surface area contributed by atoms with Crippen LogP contribution < -0.4 is 5.32 Å². The molecule has 1 aliphatic rings. The largest absolute Gasteiger partial charge is 0.384 e. The molecule has 1 amide bonds. The Balaban J connectivity index is 1.61. The maximum atomic E-state index is 12.3. The van der Waals surface area contributed by atoms with Crippen LogP contribution >= 0.6 is 0 Å². The first-order chi connectivity index (χ1) is 13.7.